The van der Waals surface area contributed by atoms with Gasteiger partial charge in [0.15, 0.2) is 5.65 Å². The second-order valence-electron chi connectivity index (χ2n) is 3.73. The minimum atomic E-state index is 0.968. The van der Waals surface area contributed by atoms with Crippen LogP contribution in [0.15, 0.2) is 12.4 Å². The number of alkyl halides is 1. The van der Waals surface area contributed by atoms with Gasteiger partial charge in [-0.25, -0.2) is 9.50 Å². The van der Waals surface area contributed by atoms with Crippen LogP contribution in [0.3, 0.4) is 0 Å². The predicted molar refractivity (Wildman–Crippen MR) is 64.6 cm³/mol. The Balaban J connectivity index is 2.39. The van der Waals surface area contributed by atoms with Crippen molar-refractivity contribution in [3.05, 3.63) is 29.2 Å². The van der Waals surface area contributed by atoms with Crippen molar-refractivity contribution in [2.24, 2.45) is 0 Å². The lowest BCUT2D eigenvalue weighted by Crippen LogP contribution is -1.95. The molecule has 0 fully saturated rings. The average Bonchev–Trinajstić information content (AvgIpc) is 2.52. The van der Waals surface area contributed by atoms with Crippen molar-refractivity contribution in [2.45, 2.75) is 26.7 Å². The van der Waals surface area contributed by atoms with E-state index >= 15 is 0 Å². The van der Waals surface area contributed by atoms with E-state index < -0.39 is 0 Å². The first-order chi connectivity index (χ1) is 7.22. The van der Waals surface area contributed by atoms with Gasteiger partial charge in [0.25, 0.3) is 0 Å². The Kier molecular flexibility index (Phi) is 3.05. The summed E-state index contributed by atoms with van der Waals surface area (Å²) in [6.45, 7) is 4.07. The van der Waals surface area contributed by atoms with E-state index in [2.05, 4.69) is 39.1 Å². The van der Waals surface area contributed by atoms with Gasteiger partial charge in [0, 0.05) is 23.3 Å². The highest BCUT2D eigenvalue weighted by Crippen LogP contribution is 2.12. The molecule has 0 aliphatic rings. The third kappa shape index (κ3) is 2.04. The van der Waals surface area contributed by atoms with E-state index in [0.29, 0.717) is 0 Å². The number of fused-ring (bicyclic) bond motifs is 1. The molecule has 0 aliphatic heterocycles. The first-order valence-corrected chi connectivity index (χ1v) is 6.21. The highest BCUT2D eigenvalue weighted by Gasteiger charge is 2.05. The molecule has 2 rings (SSSR count). The molecule has 80 valence electrons. The van der Waals surface area contributed by atoms with Crippen molar-refractivity contribution in [3.8, 4) is 0 Å². The average molecular weight is 268 g/mol. The molecule has 0 amide bonds. The van der Waals surface area contributed by atoms with E-state index in [4.69, 9.17) is 0 Å². The van der Waals surface area contributed by atoms with Crippen molar-refractivity contribution in [1.82, 2.24) is 14.6 Å². The third-order valence-electron chi connectivity index (χ3n) is 2.59. The number of hydrogen-bond acceptors (Lipinski definition) is 2. The molecule has 0 radical (unpaired) electrons. The third-order valence-corrected chi connectivity index (χ3v) is 3.15. The maximum absolute atomic E-state index is 4.44. The molecule has 3 nitrogen and oxygen atoms in total. The number of halogens is 1. The molecule has 2 heterocycles. The largest absolute Gasteiger partial charge is 0.236 e. The molecule has 4 heteroatoms. The van der Waals surface area contributed by atoms with Gasteiger partial charge >= 0.3 is 0 Å². The minimum Gasteiger partial charge on any atom is -0.236 e. The van der Waals surface area contributed by atoms with Crippen LogP contribution >= 0.6 is 15.9 Å². The highest BCUT2D eigenvalue weighted by atomic mass is 79.9. The standard InChI is InChI=1S/C11H14BrN3/c1-8-9(2)14-15-7-10(4-3-5-12)6-13-11(8)15/h6-7H,3-5H2,1-2H3. The van der Waals surface area contributed by atoms with Gasteiger partial charge < -0.3 is 0 Å². The fourth-order valence-corrected chi connectivity index (χ4v) is 1.88. The Morgan fingerprint density at radius 2 is 2.20 bits per heavy atom. The van der Waals surface area contributed by atoms with Gasteiger partial charge in [0.05, 0.1) is 5.69 Å². The second kappa shape index (κ2) is 4.31. The Morgan fingerprint density at radius 3 is 2.93 bits per heavy atom. The van der Waals surface area contributed by atoms with Gasteiger partial charge in [-0.05, 0) is 32.3 Å². The normalized spacial score (nSPS) is 11.1. The molecule has 0 saturated heterocycles. The lowest BCUT2D eigenvalue weighted by atomic mass is 10.2. The van der Waals surface area contributed by atoms with E-state index in [1.165, 1.54) is 11.1 Å². The van der Waals surface area contributed by atoms with Crippen molar-refractivity contribution < 1.29 is 0 Å². The topological polar surface area (TPSA) is 30.2 Å². The summed E-state index contributed by atoms with van der Waals surface area (Å²) in [5.41, 5.74) is 4.43. The molecular weight excluding hydrogens is 254 g/mol. The number of nitrogens with zero attached hydrogens (tertiary/aromatic N) is 3. The summed E-state index contributed by atoms with van der Waals surface area (Å²) < 4.78 is 1.88. The van der Waals surface area contributed by atoms with Gasteiger partial charge in [-0.2, -0.15) is 5.10 Å². The van der Waals surface area contributed by atoms with Crippen LogP contribution in [0.25, 0.3) is 5.65 Å². The number of hydrogen-bond donors (Lipinski definition) is 0. The highest BCUT2D eigenvalue weighted by molar-refractivity contribution is 9.09. The maximum atomic E-state index is 4.44. The fourth-order valence-electron chi connectivity index (χ4n) is 1.60. The van der Waals surface area contributed by atoms with Crippen LogP contribution in [0.2, 0.25) is 0 Å². The van der Waals surface area contributed by atoms with E-state index in [-0.39, 0.29) is 0 Å². The molecule has 2 aromatic heterocycles. The summed E-state index contributed by atoms with van der Waals surface area (Å²) in [4.78, 5) is 4.44. The smallest absolute Gasteiger partial charge is 0.158 e. The number of aromatic nitrogens is 3. The van der Waals surface area contributed by atoms with Crippen LogP contribution in [-0.4, -0.2) is 19.9 Å². The minimum absolute atomic E-state index is 0.968. The number of rotatable bonds is 3. The molecule has 0 bridgehead atoms. The monoisotopic (exact) mass is 267 g/mol. The van der Waals surface area contributed by atoms with Gasteiger partial charge in [0.1, 0.15) is 0 Å². The molecule has 0 spiro atoms. The first-order valence-electron chi connectivity index (χ1n) is 5.09. The molecule has 15 heavy (non-hydrogen) atoms. The Bertz CT molecular complexity index is 476. The van der Waals surface area contributed by atoms with Crippen molar-refractivity contribution in [3.63, 3.8) is 0 Å². The van der Waals surface area contributed by atoms with Crippen LogP contribution in [0.5, 0.6) is 0 Å². The molecule has 0 unspecified atom stereocenters. The lowest BCUT2D eigenvalue weighted by Gasteiger charge is -1.99. The zero-order chi connectivity index (χ0) is 10.8. The van der Waals surface area contributed by atoms with Gasteiger partial charge in [-0.15, -0.1) is 0 Å². The quantitative estimate of drug-likeness (QED) is 0.801. The Morgan fingerprint density at radius 1 is 1.40 bits per heavy atom. The zero-order valence-corrected chi connectivity index (χ0v) is 10.6. The summed E-state index contributed by atoms with van der Waals surface area (Å²) >= 11 is 3.43. The number of aryl methyl sites for hydroxylation is 3. The zero-order valence-electron chi connectivity index (χ0n) is 9.00. The second-order valence-corrected chi connectivity index (χ2v) is 4.53. The summed E-state index contributed by atoms with van der Waals surface area (Å²) in [6.07, 6.45) is 6.20. The Labute approximate surface area is 97.6 Å². The SMILES string of the molecule is Cc1nn2cc(CCCBr)cnc2c1C. The van der Waals surface area contributed by atoms with E-state index in [1.807, 2.05) is 17.6 Å². The molecule has 0 aromatic carbocycles. The van der Waals surface area contributed by atoms with Crippen LogP contribution in [-0.2, 0) is 6.42 Å². The van der Waals surface area contributed by atoms with Crippen LogP contribution in [0.4, 0.5) is 0 Å². The summed E-state index contributed by atoms with van der Waals surface area (Å²) in [5, 5.41) is 5.45. The first kappa shape index (κ1) is 10.6. The summed E-state index contributed by atoms with van der Waals surface area (Å²) in [6, 6.07) is 0. The van der Waals surface area contributed by atoms with Crippen LogP contribution in [0, 0.1) is 13.8 Å². The molecule has 2 aromatic rings. The fraction of sp³-hybridized carbons (Fsp3) is 0.455. The maximum Gasteiger partial charge on any atom is 0.158 e. The molecule has 0 atom stereocenters. The van der Waals surface area contributed by atoms with E-state index in [1.54, 1.807) is 0 Å². The molecule has 0 saturated carbocycles. The van der Waals surface area contributed by atoms with E-state index in [0.717, 1.165) is 29.5 Å². The van der Waals surface area contributed by atoms with Crippen molar-refractivity contribution in [1.29, 1.82) is 0 Å². The van der Waals surface area contributed by atoms with Crippen molar-refractivity contribution in [2.75, 3.05) is 5.33 Å². The van der Waals surface area contributed by atoms with E-state index in [9.17, 15) is 0 Å². The lowest BCUT2D eigenvalue weighted by molar-refractivity contribution is 0.863. The molecule has 0 N–H and O–H groups in total. The van der Waals surface area contributed by atoms with Crippen LogP contribution in [0.1, 0.15) is 23.2 Å². The summed E-state index contributed by atoms with van der Waals surface area (Å²) in [7, 11) is 0. The Hall–Kier alpha value is -0.900. The van der Waals surface area contributed by atoms with Gasteiger partial charge in [-0.3, -0.25) is 0 Å². The van der Waals surface area contributed by atoms with Crippen molar-refractivity contribution >= 4 is 21.6 Å². The van der Waals surface area contributed by atoms with Gasteiger partial charge in [0.2, 0.25) is 0 Å². The van der Waals surface area contributed by atoms with Gasteiger partial charge in [-0.1, -0.05) is 15.9 Å². The van der Waals surface area contributed by atoms with Crippen LogP contribution < -0.4 is 0 Å². The summed E-state index contributed by atoms with van der Waals surface area (Å²) in [5.74, 6) is 0. The molecular formula is C11H14BrN3. The predicted octanol–water partition coefficient (Wildman–Crippen LogP) is 2.67. The molecule has 0 aliphatic carbocycles.